The van der Waals surface area contributed by atoms with Crippen LogP contribution in [0.25, 0.3) is 0 Å². The van der Waals surface area contributed by atoms with E-state index in [1.54, 1.807) is 11.8 Å². The Morgan fingerprint density at radius 3 is 2.85 bits per heavy atom. The summed E-state index contributed by atoms with van der Waals surface area (Å²) in [5, 5.41) is 3.25. The van der Waals surface area contributed by atoms with E-state index in [2.05, 4.69) is 17.4 Å². The topological polar surface area (TPSA) is 41.6 Å². The summed E-state index contributed by atoms with van der Waals surface area (Å²) in [4.78, 5) is 14.5. The summed E-state index contributed by atoms with van der Waals surface area (Å²) in [6.45, 7) is 3.37. The second-order valence-corrected chi connectivity index (χ2v) is 6.39. The first-order valence-electron chi connectivity index (χ1n) is 7.04. The molecule has 2 heterocycles. The van der Waals surface area contributed by atoms with E-state index in [1.807, 2.05) is 30.0 Å². The zero-order chi connectivity index (χ0) is 13.9. The van der Waals surface area contributed by atoms with Crippen molar-refractivity contribution in [1.29, 1.82) is 0 Å². The van der Waals surface area contributed by atoms with Gasteiger partial charge >= 0.3 is 0 Å². The van der Waals surface area contributed by atoms with E-state index < -0.39 is 0 Å². The van der Waals surface area contributed by atoms with Crippen LogP contribution in [-0.4, -0.2) is 47.7 Å². The minimum atomic E-state index is -0.0262. The van der Waals surface area contributed by atoms with Crippen molar-refractivity contribution in [3.8, 4) is 0 Å². The van der Waals surface area contributed by atoms with Gasteiger partial charge in [-0.3, -0.25) is 10.1 Å². The number of hydrogen-bond acceptors (Lipinski definition) is 4. The van der Waals surface area contributed by atoms with Crippen LogP contribution in [0.2, 0.25) is 0 Å². The number of benzene rings is 1. The van der Waals surface area contributed by atoms with Crippen LogP contribution in [0.1, 0.15) is 18.6 Å². The summed E-state index contributed by atoms with van der Waals surface area (Å²) in [6, 6.07) is 10.1. The van der Waals surface area contributed by atoms with Crippen LogP contribution < -0.4 is 5.32 Å². The Hall–Kier alpha value is -1.04. The molecule has 0 radical (unpaired) electrons. The van der Waals surface area contributed by atoms with Crippen molar-refractivity contribution in [3.63, 3.8) is 0 Å². The lowest BCUT2D eigenvalue weighted by atomic mass is 10.1. The van der Waals surface area contributed by atoms with Crippen LogP contribution in [0.3, 0.4) is 0 Å². The van der Waals surface area contributed by atoms with Gasteiger partial charge in [-0.25, -0.2) is 0 Å². The molecule has 1 N–H and O–H groups in total. The SMILES string of the molecule is CC1CN(C(=O)[C@H]2CSCN2)CC(c2ccccc2)O1. The van der Waals surface area contributed by atoms with E-state index in [0.717, 1.165) is 17.2 Å². The van der Waals surface area contributed by atoms with E-state index in [-0.39, 0.29) is 24.2 Å². The van der Waals surface area contributed by atoms with Crippen molar-refractivity contribution in [1.82, 2.24) is 10.2 Å². The lowest BCUT2D eigenvalue weighted by molar-refractivity contribution is -0.146. The van der Waals surface area contributed by atoms with Crippen LogP contribution in [0.15, 0.2) is 30.3 Å². The average molecular weight is 292 g/mol. The van der Waals surface area contributed by atoms with Crippen molar-refractivity contribution in [2.75, 3.05) is 24.7 Å². The molecular weight excluding hydrogens is 272 g/mol. The minimum Gasteiger partial charge on any atom is -0.367 e. The molecule has 3 rings (SSSR count). The maximum absolute atomic E-state index is 12.5. The van der Waals surface area contributed by atoms with Crippen LogP contribution in [0.5, 0.6) is 0 Å². The van der Waals surface area contributed by atoms with Crippen LogP contribution in [-0.2, 0) is 9.53 Å². The zero-order valence-electron chi connectivity index (χ0n) is 11.6. The summed E-state index contributed by atoms with van der Waals surface area (Å²) >= 11 is 1.78. The first-order chi connectivity index (χ1) is 9.74. The fourth-order valence-electron chi connectivity index (χ4n) is 2.76. The molecule has 5 heteroatoms. The normalized spacial score (nSPS) is 30.4. The molecule has 0 aliphatic carbocycles. The van der Waals surface area contributed by atoms with Gasteiger partial charge in [0.25, 0.3) is 0 Å². The molecule has 0 saturated carbocycles. The Balaban J connectivity index is 1.71. The Morgan fingerprint density at radius 2 is 2.15 bits per heavy atom. The number of hydrogen-bond donors (Lipinski definition) is 1. The van der Waals surface area contributed by atoms with E-state index >= 15 is 0 Å². The van der Waals surface area contributed by atoms with E-state index in [1.165, 1.54) is 0 Å². The van der Waals surface area contributed by atoms with Gasteiger partial charge in [0.1, 0.15) is 6.10 Å². The molecular formula is C15H20N2O2S. The molecule has 2 unspecified atom stereocenters. The fraction of sp³-hybridized carbons (Fsp3) is 0.533. The third-order valence-electron chi connectivity index (χ3n) is 3.76. The van der Waals surface area contributed by atoms with Gasteiger partial charge < -0.3 is 9.64 Å². The van der Waals surface area contributed by atoms with Crippen LogP contribution >= 0.6 is 11.8 Å². The quantitative estimate of drug-likeness (QED) is 0.900. The summed E-state index contributed by atoms with van der Waals surface area (Å²) in [7, 11) is 0. The molecule has 0 aromatic heterocycles. The number of thioether (sulfide) groups is 1. The van der Waals surface area contributed by atoms with Gasteiger partial charge in [-0.05, 0) is 12.5 Å². The third-order valence-corrected chi connectivity index (χ3v) is 4.70. The maximum Gasteiger partial charge on any atom is 0.240 e. The van der Waals surface area contributed by atoms with E-state index in [4.69, 9.17) is 4.74 Å². The van der Waals surface area contributed by atoms with Crippen LogP contribution in [0, 0.1) is 0 Å². The van der Waals surface area contributed by atoms with Crippen molar-refractivity contribution in [3.05, 3.63) is 35.9 Å². The van der Waals surface area contributed by atoms with Crippen molar-refractivity contribution < 1.29 is 9.53 Å². The molecule has 1 aromatic rings. The summed E-state index contributed by atoms with van der Waals surface area (Å²) in [5.41, 5.74) is 1.14. The lowest BCUT2D eigenvalue weighted by Crippen LogP contribution is -2.52. The molecule has 20 heavy (non-hydrogen) atoms. The highest BCUT2D eigenvalue weighted by Gasteiger charge is 2.33. The predicted octanol–water partition coefficient (Wildman–Crippen LogP) is 1.64. The minimum absolute atomic E-state index is 0.0158. The van der Waals surface area contributed by atoms with Crippen molar-refractivity contribution in [2.24, 2.45) is 0 Å². The molecule has 108 valence electrons. The van der Waals surface area contributed by atoms with Crippen LogP contribution in [0.4, 0.5) is 0 Å². The highest BCUT2D eigenvalue weighted by molar-refractivity contribution is 7.99. The average Bonchev–Trinajstić information content (AvgIpc) is 3.01. The highest BCUT2D eigenvalue weighted by atomic mass is 32.2. The number of nitrogens with one attached hydrogen (secondary N) is 1. The summed E-state index contributed by atoms with van der Waals surface area (Å²) in [5.74, 6) is 1.96. The van der Waals surface area contributed by atoms with E-state index in [0.29, 0.717) is 13.1 Å². The van der Waals surface area contributed by atoms with Gasteiger partial charge in [-0.2, -0.15) is 0 Å². The molecule has 2 saturated heterocycles. The Morgan fingerprint density at radius 1 is 1.35 bits per heavy atom. The maximum atomic E-state index is 12.5. The molecule has 0 spiro atoms. The molecule has 4 nitrogen and oxygen atoms in total. The predicted molar refractivity (Wildman–Crippen MR) is 80.6 cm³/mol. The van der Waals surface area contributed by atoms with Crippen molar-refractivity contribution in [2.45, 2.75) is 25.2 Å². The van der Waals surface area contributed by atoms with Gasteiger partial charge in [-0.1, -0.05) is 30.3 Å². The number of carbonyl (C=O) groups excluding carboxylic acids is 1. The van der Waals surface area contributed by atoms with Gasteiger partial charge in [0.2, 0.25) is 5.91 Å². The Labute approximate surface area is 123 Å². The molecule has 1 amide bonds. The van der Waals surface area contributed by atoms with Gasteiger partial charge in [0, 0.05) is 18.2 Å². The fourth-order valence-corrected chi connectivity index (χ4v) is 3.69. The first-order valence-corrected chi connectivity index (χ1v) is 8.20. The molecule has 0 bridgehead atoms. The van der Waals surface area contributed by atoms with Gasteiger partial charge in [0.05, 0.1) is 18.7 Å². The summed E-state index contributed by atoms with van der Waals surface area (Å²) in [6.07, 6.45) is 0.0601. The first kappa shape index (κ1) is 13.9. The number of amides is 1. The Bertz CT molecular complexity index is 462. The molecule has 1 aromatic carbocycles. The number of morpholine rings is 1. The smallest absolute Gasteiger partial charge is 0.240 e. The largest absolute Gasteiger partial charge is 0.367 e. The number of ether oxygens (including phenoxy) is 1. The third kappa shape index (κ3) is 3.00. The Kier molecular flexibility index (Phi) is 4.29. The van der Waals surface area contributed by atoms with E-state index in [9.17, 15) is 4.79 Å². The lowest BCUT2D eigenvalue weighted by Gasteiger charge is -2.38. The number of nitrogens with zero attached hydrogens (tertiary/aromatic N) is 1. The molecule has 3 atom stereocenters. The number of rotatable bonds is 2. The molecule has 2 fully saturated rings. The standard InChI is InChI=1S/C15H20N2O2S/c1-11-7-17(15(18)13-9-20-10-16-13)8-14(19-11)12-5-3-2-4-6-12/h2-6,11,13-14,16H,7-10H2,1H3/t11?,13-,14?/m1/s1. The van der Waals surface area contributed by atoms with Gasteiger partial charge in [0.15, 0.2) is 0 Å². The molecule has 2 aliphatic heterocycles. The second-order valence-electron chi connectivity index (χ2n) is 5.36. The van der Waals surface area contributed by atoms with Crippen molar-refractivity contribution >= 4 is 17.7 Å². The molecule has 2 aliphatic rings. The monoisotopic (exact) mass is 292 g/mol. The second kappa shape index (κ2) is 6.16. The number of carbonyl (C=O) groups is 1. The highest BCUT2D eigenvalue weighted by Crippen LogP contribution is 2.26. The van der Waals surface area contributed by atoms with Gasteiger partial charge in [-0.15, -0.1) is 11.8 Å². The zero-order valence-corrected chi connectivity index (χ0v) is 12.4. The summed E-state index contributed by atoms with van der Waals surface area (Å²) < 4.78 is 6.00.